The SMILES string of the molecule is CNS(=O)(=O)Cc1ccc2[nH]cc(CCN(C)C)c2c1.CO.O=C(O)CCC(=O)O. The van der Waals surface area contributed by atoms with E-state index in [0.29, 0.717) is 0 Å². The van der Waals surface area contributed by atoms with E-state index in [-0.39, 0.29) is 18.6 Å². The summed E-state index contributed by atoms with van der Waals surface area (Å²) in [6, 6.07) is 5.75. The average Bonchev–Trinajstić information content (AvgIpc) is 3.09. The molecule has 11 heteroatoms. The molecule has 30 heavy (non-hydrogen) atoms. The number of benzene rings is 1. The lowest BCUT2D eigenvalue weighted by Crippen LogP contribution is -2.20. The van der Waals surface area contributed by atoms with E-state index in [4.69, 9.17) is 15.3 Å². The summed E-state index contributed by atoms with van der Waals surface area (Å²) in [4.78, 5) is 24.6. The first kappa shape index (κ1) is 27.5. The van der Waals surface area contributed by atoms with Gasteiger partial charge in [0.2, 0.25) is 10.0 Å². The Kier molecular flexibility index (Phi) is 12.6. The van der Waals surface area contributed by atoms with Crippen LogP contribution in [0.15, 0.2) is 24.4 Å². The first-order chi connectivity index (χ1) is 14.0. The van der Waals surface area contributed by atoms with Crippen LogP contribution in [0.1, 0.15) is 24.0 Å². The lowest BCUT2D eigenvalue weighted by atomic mass is 10.1. The van der Waals surface area contributed by atoms with E-state index in [9.17, 15) is 18.0 Å². The topological polar surface area (TPSA) is 160 Å². The third kappa shape index (κ3) is 10.9. The number of rotatable bonds is 9. The molecule has 2 rings (SSSR count). The van der Waals surface area contributed by atoms with E-state index < -0.39 is 22.0 Å². The molecule has 0 saturated heterocycles. The number of carboxylic acids is 2. The summed E-state index contributed by atoms with van der Waals surface area (Å²) in [5.41, 5.74) is 3.07. The van der Waals surface area contributed by atoms with Crippen molar-refractivity contribution in [3.63, 3.8) is 0 Å². The second kappa shape index (κ2) is 13.7. The molecule has 5 N–H and O–H groups in total. The highest BCUT2D eigenvalue weighted by Gasteiger charge is 2.11. The first-order valence-electron chi connectivity index (χ1n) is 9.07. The Hall–Kier alpha value is -2.47. The van der Waals surface area contributed by atoms with Gasteiger partial charge in [-0.3, -0.25) is 9.59 Å². The van der Waals surface area contributed by atoms with Gasteiger partial charge in [-0.05, 0) is 50.8 Å². The Morgan fingerprint density at radius 1 is 1.10 bits per heavy atom. The zero-order valence-electron chi connectivity index (χ0n) is 17.7. The minimum Gasteiger partial charge on any atom is -0.481 e. The number of aliphatic hydroxyl groups excluding tert-OH is 1. The van der Waals surface area contributed by atoms with E-state index in [1.54, 1.807) is 0 Å². The maximum atomic E-state index is 11.6. The van der Waals surface area contributed by atoms with Gasteiger partial charge in [0.25, 0.3) is 0 Å². The Bertz CT molecular complexity index is 894. The van der Waals surface area contributed by atoms with Crippen LogP contribution >= 0.6 is 0 Å². The van der Waals surface area contributed by atoms with Gasteiger partial charge in [-0.15, -0.1) is 0 Å². The van der Waals surface area contributed by atoms with Crippen LogP contribution in [-0.2, 0) is 31.8 Å². The van der Waals surface area contributed by atoms with Crippen LogP contribution in [0.3, 0.4) is 0 Å². The summed E-state index contributed by atoms with van der Waals surface area (Å²) >= 11 is 0. The smallest absolute Gasteiger partial charge is 0.303 e. The number of hydrogen-bond acceptors (Lipinski definition) is 6. The maximum absolute atomic E-state index is 11.6. The fourth-order valence-corrected chi connectivity index (χ4v) is 3.13. The van der Waals surface area contributed by atoms with Gasteiger partial charge in [0, 0.05) is 30.8 Å². The van der Waals surface area contributed by atoms with E-state index in [0.717, 1.165) is 36.5 Å². The Morgan fingerprint density at radius 2 is 1.67 bits per heavy atom. The lowest BCUT2D eigenvalue weighted by Gasteiger charge is -2.08. The molecule has 0 spiro atoms. The minimum absolute atomic E-state index is 0.0116. The van der Waals surface area contributed by atoms with Gasteiger partial charge in [-0.25, -0.2) is 13.1 Å². The third-order valence-corrected chi connectivity index (χ3v) is 5.22. The lowest BCUT2D eigenvalue weighted by molar-refractivity contribution is -0.143. The molecule has 0 unspecified atom stereocenters. The number of fused-ring (bicyclic) bond motifs is 1. The molecule has 1 aromatic carbocycles. The Balaban J connectivity index is 0.000000712. The monoisotopic (exact) mass is 445 g/mol. The number of aromatic nitrogens is 1. The van der Waals surface area contributed by atoms with Gasteiger partial charge in [0.15, 0.2) is 0 Å². The molecule has 0 radical (unpaired) electrons. The van der Waals surface area contributed by atoms with Crippen molar-refractivity contribution in [2.75, 3.05) is 34.8 Å². The van der Waals surface area contributed by atoms with Crippen LogP contribution in [0.2, 0.25) is 0 Å². The highest BCUT2D eigenvalue weighted by molar-refractivity contribution is 7.88. The molecular formula is C19H31N3O7S. The molecule has 2 aromatic rings. The number of likely N-dealkylation sites (N-methyl/N-ethyl adjacent to an activating group) is 1. The molecule has 0 aliphatic rings. The minimum atomic E-state index is -3.23. The van der Waals surface area contributed by atoms with E-state index >= 15 is 0 Å². The number of aliphatic carboxylic acids is 2. The second-order valence-electron chi connectivity index (χ2n) is 6.50. The molecule has 1 heterocycles. The normalized spacial score (nSPS) is 10.7. The van der Waals surface area contributed by atoms with Crippen molar-refractivity contribution in [2.24, 2.45) is 0 Å². The zero-order chi connectivity index (χ0) is 23.3. The van der Waals surface area contributed by atoms with Crippen LogP contribution < -0.4 is 4.72 Å². The molecule has 0 saturated carbocycles. The highest BCUT2D eigenvalue weighted by Crippen LogP contribution is 2.21. The molecule has 1 aromatic heterocycles. The van der Waals surface area contributed by atoms with Crippen LogP contribution in [0.5, 0.6) is 0 Å². The van der Waals surface area contributed by atoms with Gasteiger partial charge in [0.1, 0.15) is 0 Å². The van der Waals surface area contributed by atoms with Crippen LogP contribution in [0.25, 0.3) is 10.9 Å². The molecule has 0 fully saturated rings. The predicted octanol–water partition coefficient (Wildman–Crippen LogP) is 0.866. The highest BCUT2D eigenvalue weighted by atomic mass is 32.2. The standard InChI is InChI=1S/C14H21N3O2S.C4H6O4.CH4O/c1-15-20(18,19)10-11-4-5-14-13(8-11)12(9-16-14)6-7-17(2)3;5-3(6)1-2-4(7)8;1-2/h4-5,8-9,15-16H,6-7,10H2,1-3H3;1-2H2,(H,5,6)(H,7,8);2H,1H3. The summed E-state index contributed by atoms with van der Waals surface area (Å²) in [7, 11) is 3.29. The molecule has 10 nitrogen and oxygen atoms in total. The van der Waals surface area contributed by atoms with Gasteiger partial charge < -0.3 is 25.2 Å². The Labute approximate surface area is 176 Å². The van der Waals surface area contributed by atoms with Crippen molar-refractivity contribution in [3.8, 4) is 0 Å². The van der Waals surface area contributed by atoms with Crippen molar-refractivity contribution in [2.45, 2.75) is 25.0 Å². The maximum Gasteiger partial charge on any atom is 0.303 e. The predicted molar refractivity (Wildman–Crippen MR) is 115 cm³/mol. The average molecular weight is 446 g/mol. The summed E-state index contributed by atoms with van der Waals surface area (Å²) in [6.45, 7) is 0.964. The van der Waals surface area contributed by atoms with Crippen molar-refractivity contribution in [3.05, 3.63) is 35.5 Å². The van der Waals surface area contributed by atoms with Crippen molar-refractivity contribution >= 4 is 32.9 Å². The summed E-state index contributed by atoms with van der Waals surface area (Å²) in [5, 5.41) is 23.9. The fourth-order valence-electron chi connectivity index (χ4n) is 2.37. The van der Waals surface area contributed by atoms with E-state index in [1.165, 1.54) is 12.6 Å². The number of carbonyl (C=O) groups is 2. The van der Waals surface area contributed by atoms with Crippen LogP contribution in [0, 0.1) is 0 Å². The van der Waals surface area contributed by atoms with E-state index in [2.05, 4.69) is 14.6 Å². The fraction of sp³-hybridized carbons (Fsp3) is 0.474. The van der Waals surface area contributed by atoms with Gasteiger partial charge >= 0.3 is 11.9 Å². The van der Waals surface area contributed by atoms with Gasteiger partial charge in [0.05, 0.1) is 18.6 Å². The molecule has 0 aliphatic carbocycles. The zero-order valence-corrected chi connectivity index (χ0v) is 18.5. The number of hydrogen-bond donors (Lipinski definition) is 5. The van der Waals surface area contributed by atoms with Crippen molar-refractivity contribution in [1.29, 1.82) is 0 Å². The molecule has 0 bridgehead atoms. The summed E-state index contributed by atoms with van der Waals surface area (Å²) in [5.74, 6) is -2.14. The number of H-pyrrole nitrogens is 1. The molecule has 170 valence electrons. The molecule has 0 aliphatic heterocycles. The molecule has 0 atom stereocenters. The van der Waals surface area contributed by atoms with Crippen molar-refractivity contribution < 1.29 is 33.3 Å². The number of aliphatic hydroxyl groups is 1. The van der Waals surface area contributed by atoms with Crippen LogP contribution in [0.4, 0.5) is 0 Å². The third-order valence-electron chi connectivity index (χ3n) is 3.88. The van der Waals surface area contributed by atoms with Gasteiger partial charge in [-0.1, -0.05) is 6.07 Å². The summed E-state index contributed by atoms with van der Waals surface area (Å²) in [6.07, 6.45) is 2.35. The number of nitrogens with zero attached hydrogens (tertiary/aromatic N) is 1. The number of nitrogens with one attached hydrogen (secondary N) is 2. The van der Waals surface area contributed by atoms with E-state index in [1.807, 2.05) is 38.5 Å². The second-order valence-corrected chi connectivity index (χ2v) is 8.42. The largest absolute Gasteiger partial charge is 0.481 e. The quantitative estimate of drug-likeness (QED) is 0.380. The van der Waals surface area contributed by atoms with Crippen molar-refractivity contribution in [1.82, 2.24) is 14.6 Å². The Morgan fingerprint density at radius 3 is 2.13 bits per heavy atom. The van der Waals surface area contributed by atoms with Gasteiger partial charge in [-0.2, -0.15) is 0 Å². The number of aromatic amines is 1. The number of carboxylic acid groups (broad SMARTS) is 2. The molecule has 0 amide bonds. The molecular weight excluding hydrogens is 414 g/mol. The first-order valence-corrected chi connectivity index (χ1v) is 10.7. The summed E-state index contributed by atoms with van der Waals surface area (Å²) < 4.78 is 25.6. The number of sulfonamides is 1. The van der Waals surface area contributed by atoms with Crippen LogP contribution in [-0.4, -0.2) is 80.4 Å².